The van der Waals surface area contributed by atoms with E-state index in [2.05, 4.69) is 6.58 Å². The largest absolute Gasteiger partial charge is 0.370 e. The van der Waals surface area contributed by atoms with Crippen LogP contribution in [0.3, 0.4) is 0 Å². The van der Waals surface area contributed by atoms with Crippen LogP contribution < -0.4 is 0 Å². The number of carbonyl (C=O) groups excluding carboxylic acids is 1. The molecule has 0 N–H and O–H groups in total. The third-order valence-corrected chi connectivity index (χ3v) is 3.39. The van der Waals surface area contributed by atoms with Crippen LogP contribution in [0.2, 0.25) is 0 Å². The number of rotatable bonds is 5. The molecular formula is C13H22O2. The highest BCUT2D eigenvalue weighted by atomic mass is 16.5. The molecule has 0 amide bonds. The standard InChI is InChI=1S/C13H22O2/c1-3-4-9-12(14)13(15-2)10-7-5-6-8-11-13/h3H,1,4-11H2,2H3. The van der Waals surface area contributed by atoms with Crippen molar-refractivity contribution >= 4 is 5.78 Å². The van der Waals surface area contributed by atoms with E-state index in [1.807, 2.05) is 0 Å². The molecule has 0 radical (unpaired) electrons. The van der Waals surface area contributed by atoms with Gasteiger partial charge in [0.05, 0.1) is 0 Å². The molecule has 0 saturated heterocycles. The Labute approximate surface area is 92.7 Å². The quantitative estimate of drug-likeness (QED) is 0.514. The number of hydrogen-bond acceptors (Lipinski definition) is 2. The van der Waals surface area contributed by atoms with Gasteiger partial charge in [0.15, 0.2) is 5.78 Å². The zero-order valence-corrected chi connectivity index (χ0v) is 9.76. The van der Waals surface area contributed by atoms with Crippen molar-refractivity contribution in [3.8, 4) is 0 Å². The lowest BCUT2D eigenvalue weighted by Gasteiger charge is -2.29. The molecule has 1 aliphatic rings. The number of hydrogen-bond donors (Lipinski definition) is 0. The van der Waals surface area contributed by atoms with Gasteiger partial charge in [0.2, 0.25) is 0 Å². The smallest absolute Gasteiger partial charge is 0.164 e. The van der Waals surface area contributed by atoms with Gasteiger partial charge in [0.1, 0.15) is 5.60 Å². The Morgan fingerprint density at radius 1 is 1.33 bits per heavy atom. The van der Waals surface area contributed by atoms with Crippen LogP contribution in [0.5, 0.6) is 0 Å². The van der Waals surface area contributed by atoms with Crippen LogP contribution >= 0.6 is 0 Å². The van der Waals surface area contributed by atoms with Crippen LogP contribution in [0.4, 0.5) is 0 Å². The highest BCUT2D eigenvalue weighted by Gasteiger charge is 2.37. The number of ether oxygens (including phenoxy) is 1. The Bertz CT molecular complexity index is 213. The van der Waals surface area contributed by atoms with Gasteiger partial charge in [-0.25, -0.2) is 0 Å². The summed E-state index contributed by atoms with van der Waals surface area (Å²) in [5.41, 5.74) is -0.473. The third-order valence-electron chi connectivity index (χ3n) is 3.39. The van der Waals surface area contributed by atoms with Gasteiger partial charge < -0.3 is 4.74 Å². The average Bonchev–Trinajstić information content (AvgIpc) is 2.52. The van der Waals surface area contributed by atoms with E-state index < -0.39 is 5.60 Å². The summed E-state index contributed by atoms with van der Waals surface area (Å²) >= 11 is 0. The Hall–Kier alpha value is -0.630. The molecule has 15 heavy (non-hydrogen) atoms. The molecule has 1 fully saturated rings. The first-order chi connectivity index (χ1) is 7.25. The summed E-state index contributed by atoms with van der Waals surface area (Å²) in [6.45, 7) is 3.65. The van der Waals surface area contributed by atoms with Crippen LogP contribution in [0.15, 0.2) is 12.7 Å². The van der Waals surface area contributed by atoms with Crippen molar-refractivity contribution in [2.75, 3.05) is 7.11 Å². The molecule has 0 aromatic heterocycles. The topological polar surface area (TPSA) is 26.3 Å². The average molecular weight is 210 g/mol. The SMILES string of the molecule is C=CCCC(=O)C1(OC)CCCCCC1. The number of allylic oxidation sites excluding steroid dienone is 1. The second-order valence-corrected chi connectivity index (χ2v) is 4.36. The monoisotopic (exact) mass is 210 g/mol. The first-order valence-electron chi connectivity index (χ1n) is 5.94. The summed E-state index contributed by atoms with van der Waals surface area (Å²) in [4.78, 5) is 12.1. The van der Waals surface area contributed by atoms with E-state index in [0.29, 0.717) is 6.42 Å². The number of carbonyl (C=O) groups is 1. The zero-order chi connectivity index (χ0) is 11.1. The van der Waals surface area contributed by atoms with E-state index in [0.717, 1.165) is 32.1 Å². The number of methoxy groups -OCH3 is 1. The third kappa shape index (κ3) is 3.16. The fraction of sp³-hybridized carbons (Fsp3) is 0.769. The van der Waals surface area contributed by atoms with E-state index >= 15 is 0 Å². The second-order valence-electron chi connectivity index (χ2n) is 4.36. The maximum atomic E-state index is 12.1. The Morgan fingerprint density at radius 2 is 1.93 bits per heavy atom. The molecule has 0 unspecified atom stereocenters. The predicted molar refractivity (Wildman–Crippen MR) is 61.9 cm³/mol. The Morgan fingerprint density at radius 3 is 2.40 bits per heavy atom. The summed E-state index contributed by atoms with van der Waals surface area (Å²) < 4.78 is 5.53. The maximum Gasteiger partial charge on any atom is 0.164 e. The molecule has 1 saturated carbocycles. The molecule has 0 atom stereocenters. The van der Waals surface area contributed by atoms with Gasteiger partial charge in [-0.15, -0.1) is 6.58 Å². The fourth-order valence-corrected chi connectivity index (χ4v) is 2.36. The van der Waals surface area contributed by atoms with E-state index in [1.165, 1.54) is 12.8 Å². The molecule has 0 bridgehead atoms. The van der Waals surface area contributed by atoms with E-state index in [9.17, 15) is 4.79 Å². The van der Waals surface area contributed by atoms with Crippen molar-refractivity contribution in [3.05, 3.63) is 12.7 Å². The van der Waals surface area contributed by atoms with Crippen molar-refractivity contribution in [1.29, 1.82) is 0 Å². The first-order valence-corrected chi connectivity index (χ1v) is 5.94. The lowest BCUT2D eigenvalue weighted by atomic mass is 9.87. The molecule has 2 heteroatoms. The van der Waals surface area contributed by atoms with Gasteiger partial charge in [0.25, 0.3) is 0 Å². The van der Waals surface area contributed by atoms with Gasteiger partial charge in [-0.2, -0.15) is 0 Å². The van der Waals surface area contributed by atoms with Crippen molar-refractivity contribution in [2.24, 2.45) is 0 Å². The molecule has 1 rings (SSSR count). The zero-order valence-electron chi connectivity index (χ0n) is 9.76. The summed E-state index contributed by atoms with van der Waals surface area (Å²) in [5, 5.41) is 0. The summed E-state index contributed by atoms with van der Waals surface area (Å²) in [5.74, 6) is 0.270. The van der Waals surface area contributed by atoms with Crippen LogP contribution in [-0.2, 0) is 9.53 Å². The van der Waals surface area contributed by atoms with Gasteiger partial charge in [0, 0.05) is 13.5 Å². The van der Waals surface area contributed by atoms with E-state index in [-0.39, 0.29) is 5.78 Å². The maximum absolute atomic E-state index is 12.1. The van der Waals surface area contributed by atoms with Crippen LogP contribution in [0.25, 0.3) is 0 Å². The lowest BCUT2D eigenvalue weighted by molar-refractivity contribution is -0.142. The minimum atomic E-state index is -0.473. The predicted octanol–water partition coefficient (Wildman–Crippen LogP) is 3.26. The summed E-state index contributed by atoms with van der Waals surface area (Å²) in [6.07, 6.45) is 9.67. The van der Waals surface area contributed by atoms with Gasteiger partial charge in [-0.3, -0.25) is 4.79 Å². The molecule has 2 nitrogen and oxygen atoms in total. The van der Waals surface area contributed by atoms with Crippen LogP contribution in [-0.4, -0.2) is 18.5 Å². The molecular weight excluding hydrogens is 188 g/mol. The molecule has 0 spiro atoms. The van der Waals surface area contributed by atoms with Crippen molar-refractivity contribution in [1.82, 2.24) is 0 Å². The van der Waals surface area contributed by atoms with Gasteiger partial charge in [-0.05, 0) is 19.3 Å². The van der Waals surface area contributed by atoms with Crippen LogP contribution in [0, 0.1) is 0 Å². The van der Waals surface area contributed by atoms with Crippen molar-refractivity contribution in [3.63, 3.8) is 0 Å². The highest BCUT2D eigenvalue weighted by molar-refractivity contribution is 5.87. The lowest BCUT2D eigenvalue weighted by Crippen LogP contribution is -2.40. The summed E-state index contributed by atoms with van der Waals surface area (Å²) in [7, 11) is 1.68. The van der Waals surface area contributed by atoms with Gasteiger partial charge in [-0.1, -0.05) is 31.8 Å². The molecule has 86 valence electrons. The molecule has 0 aromatic rings. The number of ketones is 1. The van der Waals surface area contributed by atoms with Crippen molar-refractivity contribution < 1.29 is 9.53 Å². The minimum Gasteiger partial charge on any atom is -0.370 e. The van der Waals surface area contributed by atoms with Crippen molar-refractivity contribution in [2.45, 2.75) is 57.0 Å². The van der Waals surface area contributed by atoms with E-state index in [1.54, 1.807) is 13.2 Å². The Kier molecular flexibility index (Phi) is 5.03. The normalized spacial score (nSPS) is 20.6. The van der Waals surface area contributed by atoms with E-state index in [4.69, 9.17) is 4.74 Å². The number of Topliss-reactive ketones (excluding diaryl/α,β-unsaturated/α-hetero) is 1. The minimum absolute atomic E-state index is 0.270. The molecule has 0 aliphatic heterocycles. The molecule has 0 aromatic carbocycles. The van der Waals surface area contributed by atoms with Crippen LogP contribution in [0.1, 0.15) is 51.4 Å². The fourth-order valence-electron chi connectivity index (χ4n) is 2.36. The Balaban J connectivity index is 2.63. The molecule has 0 heterocycles. The first kappa shape index (κ1) is 12.4. The van der Waals surface area contributed by atoms with Gasteiger partial charge >= 0.3 is 0 Å². The highest BCUT2D eigenvalue weighted by Crippen LogP contribution is 2.32. The second kappa shape index (κ2) is 6.06. The molecule has 1 aliphatic carbocycles. The summed E-state index contributed by atoms with van der Waals surface area (Å²) in [6, 6.07) is 0.